The summed E-state index contributed by atoms with van der Waals surface area (Å²) in [4.78, 5) is 18.5. The van der Waals surface area contributed by atoms with Gasteiger partial charge in [0.2, 0.25) is 10.0 Å². The molecule has 0 spiro atoms. The highest BCUT2D eigenvalue weighted by Gasteiger charge is 2.30. The number of sulfonamides is 1. The number of halogens is 1. The fourth-order valence-electron chi connectivity index (χ4n) is 3.90. The Kier molecular flexibility index (Phi) is 6.14. The van der Waals surface area contributed by atoms with Crippen molar-refractivity contribution in [2.24, 2.45) is 0 Å². The fourth-order valence-corrected chi connectivity index (χ4v) is 5.35. The number of rotatable bonds is 5. The molecule has 0 amide bonds. The van der Waals surface area contributed by atoms with Gasteiger partial charge in [-0.15, -0.1) is 0 Å². The summed E-state index contributed by atoms with van der Waals surface area (Å²) in [6, 6.07) is 18.2. The van der Waals surface area contributed by atoms with Crippen LogP contribution < -0.4 is 5.56 Å². The molecule has 0 aliphatic heterocycles. The molecule has 0 bridgehead atoms. The molecule has 0 aliphatic carbocycles. The third kappa shape index (κ3) is 4.31. The highest BCUT2D eigenvalue weighted by atomic mass is 35.5. The summed E-state index contributed by atoms with van der Waals surface area (Å²) in [5.41, 5.74) is 2.90. The van der Waals surface area contributed by atoms with Crippen molar-refractivity contribution in [1.29, 1.82) is 0 Å². The predicted molar refractivity (Wildman–Crippen MR) is 132 cm³/mol. The SMILES string of the molecule is Cc1cc(C)cc(-n2c(C(C)N(C)S(=O)(=O)c3ccc(Cl)cc3)nc3ccccc3c2=O)c1. The van der Waals surface area contributed by atoms with Gasteiger partial charge in [0.15, 0.2) is 0 Å². The van der Waals surface area contributed by atoms with Gasteiger partial charge in [0.05, 0.1) is 27.5 Å². The molecule has 8 heteroatoms. The predicted octanol–water partition coefficient (Wildman–Crippen LogP) is 5.04. The molecule has 0 saturated carbocycles. The topological polar surface area (TPSA) is 72.3 Å². The third-order valence-corrected chi connectivity index (χ3v) is 7.87. The average molecular weight is 482 g/mol. The van der Waals surface area contributed by atoms with Gasteiger partial charge >= 0.3 is 0 Å². The van der Waals surface area contributed by atoms with Crippen LogP contribution in [0.2, 0.25) is 5.02 Å². The summed E-state index contributed by atoms with van der Waals surface area (Å²) < 4.78 is 29.4. The zero-order valence-electron chi connectivity index (χ0n) is 18.8. The van der Waals surface area contributed by atoms with Gasteiger partial charge in [-0.05, 0) is 80.4 Å². The molecule has 33 heavy (non-hydrogen) atoms. The Balaban J connectivity index is 1.94. The molecule has 0 radical (unpaired) electrons. The molecule has 170 valence electrons. The fraction of sp³-hybridized carbons (Fsp3) is 0.200. The van der Waals surface area contributed by atoms with Crippen LogP contribution in [-0.4, -0.2) is 29.3 Å². The molecule has 0 saturated heterocycles. The molecule has 4 aromatic rings. The number of para-hydroxylation sites is 1. The van der Waals surface area contributed by atoms with E-state index in [4.69, 9.17) is 16.6 Å². The maximum Gasteiger partial charge on any atom is 0.266 e. The van der Waals surface area contributed by atoms with E-state index in [2.05, 4.69) is 0 Å². The highest BCUT2D eigenvalue weighted by Crippen LogP contribution is 2.28. The number of aryl methyl sites for hydroxylation is 2. The second kappa shape index (κ2) is 8.74. The van der Waals surface area contributed by atoms with Gasteiger partial charge in [0, 0.05) is 12.1 Å². The van der Waals surface area contributed by atoms with Crippen LogP contribution in [0.25, 0.3) is 16.6 Å². The van der Waals surface area contributed by atoms with Gasteiger partial charge in [0.1, 0.15) is 5.82 Å². The second-order valence-electron chi connectivity index (χ2n) is 8.12. The van der Waals surface area contributed by atoms with Crippen LogP contribution >= 0.6 is 11.6 Å². The maximum absolute atomic E-state index is 13.6. The molecular weight excluding hydrogens is 458 g/mol. The van der Waals surface area contributed by atoms with E-state index in [0.29, 0.717) is 27.4 Å². The zero-order chi connectivity index (χ0) is 23.9. The minimum absolute atomic E-state index is 0.113. The van der Waals surface area contributed by atoms with E-state index in [1.165, 1.54) is 40.2 Å². The van der Waals surface area contributed by atoms with Crippen LogP contribution in [-0.2, 0) is 10.0 Å². The lowest BCUT2D eigenvalue weighted by molar-refractivity contribution is 0.379. The number of nitrogens with zero attached hydrogens (tertiary/aromatic N) is 3. The van der Waals surface area contributed by atoms with Crippen molar-refractivity contribution in [3.63, 3.8) is 0 Å². The maximum atomic E-state index is 13.6. The Morgan fingerprint density at radius 2 is 1.58 bits per heavy atom. The summed E-state index contributed by atoms with van der Waals surface area (Å²) in [5, 5.41) is 0.917. The largest absolute Gasteiger partial charge is 0.268 e. The van der Waals surface area contributed by atoms with E-state index in [1.807, 2.05) is 32.0 Å². The summed E-state index contributed by atoms with van der Waals surface area (Å²) in [6.45, 7) is 5.63. The standard InChI is InChI=1S/C25H24ClN3O3S/c1-16-13-17(2)15-20(14-16)29-24(27-23-8-6-5-7-22(23)25(29)30)18(3)28(4)33(31,32)21-11-9-19(26)10-12-21/h5-15,18H,1-4H3. The van der Waals surface area contributed by atoms with Crippen molar-refractivity contribution >= 4 is 32.5 Å². The Morgan fingerprint density at radius 1 is 0.970 bits per heavy atom. The number of hydrogen-bond donors (Lipinski definition) is 0. The van der Waals surface area contributed by atoms with E-state index >= 15 is 0 Å². The first-order chi connectivity index (χ1) is 15.6. The van der Waals surface area contributed by atoms with Crippen LogP contribution in [0.4, 0.5) is 0 Å². The van der Waals surface area contributed by atoms with Crippen molar-refractivity contribution in [1.82, 2.24) is 13.9 Å². The van der Waals surface area contributed by atoms with E-state index in [-0.39, 0.29) is 10.5 Å². The zero-order valence-corrected chi connectivity index (χ0v) is 20.4. The summed E-state index contributed by atoms with van der Waals surface area (Å²) >= 11 is 5.93. The molecule has 6 nitrogen and oxygen atoms in total. The quantitative estimate of drug-likeness (QED) is 0.400. The molecular formula is C25H24ClN3O3S. The minimum atomic E-state index is -3.87. The van der Waals surface area contributed by atoms with Crippen molar-refractivity contribution in [2.45, 2.75) is 31.7 Å². The normalized spacial score (nSPS) is 12.9. The van der Waals surface area contributed by atoms with E-state index in [0.717, 1.165) is 11.1 Å². The highest BCUT2D eigenvalue weighted by molar-refractivity contribution is 7.89. The van der Waals surface area contributed by atoms with Gasteiger partial charge < -0.3 is 0 Å². The number of benzene rings is 3. The Morgan fingerprint density at radius 3 is 2.21 bits per heavy atom. The number of aromatic nitrogens is 2. The van der Waals surface area contributed by atoms with Crippen LogP contribution in [0.1, 0.15) is 29.9 Å². The third-order valence-electron chi connectivity index (χ3n) is 5.68. The van der Waals surface area contributed by atoms with Gasteiger partial charge in [-0.3, -0.25) is 9.36 Å². The van der Waals surface area contributed by atoms with Crippen molar-refractivity contribution < 1.29 is 8.42 Å². The van der Waals surface area contributed by atoms with Crippen molar-refractivity contribution in [3.05, 3.63) is 99.1 Å². The van der Waals surface area contributed by atoms with E-state index in [1.54, 1.807) is 31.2 Å². The monoisotopic (exact) mass is 481 g/mol. The number of fused-ring (bicyclic) bond motifs is 1. The first-order valence-electron chi connectivity index (χ1n) is 10.4. The molecule has 1 heterocycles. The van der Waals surface area contributed by atoms with Gasteiger partial charge in [-0.1, -0.05) is 29.8 Å². The Hall–Kier alpha value is -3.00. The van der Waals surface area contributed by atoms with Gasteiger partial charge in [-0.2, -0.15) is 4.31 Å². The molecule has 0 N–H and O–H groups in total. The Labute approximate surface area is 198 Å². The smallest absolute Gasteiger partial charge is 0.266 e. The summed E-state index contributed by atoms with van der Waals surface area (Å²) in [7, 11) is -2.38. The Bertz CT molecular complexity index is 1490. The molecule has 1 atom stereocenters. The van der Waals surface area contributed by atoms with Gasteiger partial charge in [0.25, 0.3) is 5.56 Å². The first-order valence-corrected chi connectivity index (χ1v) is 12.3. The molecule has 1 unspecified atom stereocenters. The number of hydrogen-bond acceptors (Lipinski definition) is 4. The van der Waals surface area contributed by atoms with Crippen LogP contribution in [0.3, 0.4) is 0 Å². The van der Waals surface area contributed by atoms with Gasteiger partial charge in [-0.25, -0.2) is 13.4 Å². The van der Waals surface area contributed by atoms with Crippen LogP contribution in [0.5, 0.6) is 0 Å². The van der Waals surface area contributed by atoms with E-state index in [9.17, 15) is 13.2 Å². The first kappa shape index (κ1) is 23.2. The lowest BCUT2D eigenvalue weighted by atomic mass is 10.1. The van der Waals surface area contributed by atoms with E-state index < -0.39 is 16.1 Å². The minimum Gasteiger partial charge on any atom is -0.268 e. The molecule has 0 aliphatic rings. The summed E-state index contributed by atoms with van der Waals surface area (Å²) in [5.74, 6) is 0.337. The summed E-state index contributed by atoms with van der Waals surface area (Å²) in [6.07, 6.45) is 0. The molecule has 3 aromatic carbocycles. The lowest BCUT2D eigenvalue weighted by Crippen LogP contribution is -2.35. The van der Waals surface area contributed by atoms with Crippen molar-refractivity contribution in [3.8, 4) is 5.69 Å². The average Bonchev–Trinajstić information content (AvgIpc) is 2.77. The van der Waals surface area contributed by atoms with Crippen molar-refractivity contribution in [2.75, 3.05) is 7.05 Å². The van der Waals surface area contributed by atoms with Crippen LogP contribution in [0, 0.1) is 13.8 Å². The second-order valence-corrected chi connectivity index (χ2v) is 10.6. The van der Waals surface area contributed by atoms with Crippen LogP contribution in [0.15, 0.2) is 76.4 Å². The molecule has 0 fully saturated rings. The molecule has 4 rings (SSSR count). The lowest BCUT2D eigenvalue weighted by Gasteiger charge is -2.26. The molecule has 1 aromatic heterocycles.